The molecule has 0 aliphatic carbocycles. The molecule has 0 bridgehead atoms. The van der Waals surface area contributed by atoms with Gasteiger partial charge in [0.1, 0.15) is 0 Å². The van der Waals surface area contributed by atoms with Crippen LogP contribution in [0.25, 0.3) is 0 Å². The molecule has 0 aliphatic rings. The Morgan fingerprint density at radius 1 is 1.62 bits per heavy atom. The summed E-state index contributed by atoms with van der Waals surface area (Å²) in [5, 5.41) is 2.84. The van der Waals surface area contributed by atoms with Gasteiger partial charge in [0.2, 0.25) is 0 Å². The molecule has 0 spiro atoms. The Balaban J connectivity index is 2.80. The van der Waals surface area contributed by atoms with E-state index in [4.69, 9.17) is 16.3 Å². The zero-order valence-electron chi connectivity index (χ0n) is 8.72. The zero-order chi connectivity index (χ0) is 12.1. The molecule has 1 rings (SSSR count). The Hall–Kier alpha value is -1.55. The number of carbonyl (C=O) groups is 1. The summed E-state index contributed by atoms with van der Waals surface area (Å²) in [7, 11) is 1.33. The first-order valence-corrected chi connectivity index (χ1v) is 4.87. The maximum atomic E-state index is 13.1. The van der Waals surface area contributed by atoms with Crippen LogP contribution in [-0.4, -0.2) is 19.6 Å². The highest BCUT2D eigenvalue weighted by Crippen LogP contribution is 2.18. The number of hydrogen-bond donors (Lipinski definition) is 1. The molecule has 0 aliphatic heterocycles. The van der Waals surface area contributed by atoms with Crippen LogP contribution in [0.3, 0.4) is 0 Å². The number of rotatable bonds is 4. The number of amides is 1. The number of halogens is 2. The van der Waals surface area contributed by atoms with E-state index in [0.29, 0.717) is 10.6 Å². The van der Waals surface area contributed by atoms with Crippen LogP contribution in [-0.2, 0) is 0 Å². The van der Waals surface area contributed by atoms with E-state index in [9.17, 15) is 9.18 Å². The third-order valence-corrected chi connectivity index (χ3v) is 1.99. The monoisotopic (exact) mass is 243 g/mol. The quantitative estimate of drug-likeness (QED) is 0.881. The SMILES string of the molecule is C=C(Cl)CNC(=O)c1ccc(F)c(OC)c1. The fourth-order valence-electron chi connectivity index (χ4n) is 1.08. The third-order valence-electron chi connectivity index (χ3n) is 1.85. The predicted octanol–water partition coefficient (Wildman–Crippen LogP) is 2.32. The highest BCUT2D eigenvalue weighted by molar-refractivity contribution is 6.29. The van der Waals surface area contributed by atoms with E-state index in [0.717, 1.165) is 0 Å². The summed E-state index contributed by atoms with van der Waals surface area (Å²) in [6.07, 6.45) is 0. The molecule has 0 atom stereocenters. The molecule has 1 aromatic rings. The lowest BCUT2D eigenvalue weighted by Crippen LogP contribution is -2.24. The van der Waals surface area contributed by atoms with Crippen LogP contribution in [0.2, 0.25) is 0 Å². The van der Waals surface area contributed by atoms with Gasteiger partial charge >= 0.3 is 0 Å². The van der Waals surface area contributed by atoms with Gasteiger partial charge in [-0.3, -0.25) is 4.79 Å². The second-order valence-electron chi connectivity index (χ2n) is 3.05. The van der Waals surface area contributed by atoms with Crippen LogP contribution in [0.5, 0.6) is 5.75 Å². The summed E-state index contributed by atoms with van der Waals surface area (Å²) < 4.78 is 17.8. The molecule has 0 unspecified atom stereocenters. The second-order valence-corrected chi connectivity index (χ2v) is 3.58. The van der Waals surface area contributed by atoms with Crippen molar-refractivity contribution in [1.29, 1.82) is 0 Å². The maximum Gasteiger partial charge on any atom is 0.251 e. The highest BCUT2D eigenvalue weighted by Gasteiger charge is 2.09. The van der Waals surface area contributed by atoms with Crippen LogP contribution in [0.4, 0.5) is 4.39 Å². The predicted molar refractivity (Wildman–Crippen MR) is 60.3 cm³/mol. The average molecular weight is 244 g/mol. The zero-order valence-corrected chi connectivity index (χ0v) is 9.47. The fraction of sp³-hybridized carbons (Fsp3) is 0.182. The van der Waals surface area contributed by atoms with Crippen molar-refractivity contribution in [2.75, 3.05) is 13.7 Å². The molecule has 0 saturated carbocycles. The van der Waals surface area contributed by atoms with Gasteiger partial charge < -0.3 is 10.1 Å². The Labute approximate surface area is 97.9 Å². The van der Waals surface area contributed by atoms with Crippen molar-refractivity contribution in [2.45, 2.75) is 0 Å². The van der Waals surface area contributed by atoms with E-state index >= 15 is 0 Å². The Morgan fingerprint density at radius 2 is 2.31 bits per heavy atom. The summed E-state index contributed by atoms with van der Waals surface area (Å²) in [4.78, 5) is 11.5. The minimum atomic E-state index is -0.513. The van der Waals surface area contributed by atoms with Gasteiger partial charge in [0, 0.05) is 10.6 Å². The van der Waals surface area contributed by atoms with Crippen molar-refractivity contribution in [3.8, 4) is 5.75 Å². The minimum absolute atomic E-state index is 0.0253. The highest BCUT2D eigenvalue weighted by atomic mass is 35.5. The molecule has 5 heteroatoms. The van der Waals surface area contributed by atoms with Gasteiger partial charge in [-0.05, 0) is 18.2 Å². The first-order valence-electron chi connectivity index (χ1n) is 4.49. The van der Waals surface area contributed by atoms with Gasteiger partial charge in [0.15, 0.2) is 11.6 Å². The Kier molecular flexibility index (Phi) is 4.31. The van der Waals surface area contributed by atoms with Gasteiger partial charge in [0.25, 0.3) is 5.91 Å². The van der Waals surface area contributed by atoms with E-state index < -0.39 is 5.82 Å². The Morgan fingerprint density at radius 3 is 2.88 bits per heavy atom. The van der Waals surface area contributed by atoms with Crippen LogP contribution < -0.4 is 10.1 Å². The van der Waals surface area contributed by atoms with Crippen molar-refractivity contribution in [3.63, 3.8) is 0 Å². The summed E-state index contributed by atoms with van der Waals surface area (Å²) in [5.74, 6) is -0.849. The molecule has 0 radical (unpaired) electrons. The van der Waals surface area contributed by atoms with Gasteiger partial charge in [-0.15, -0.1) is 0 Å². The van der Waals surface area contributed by atoms with E-state index in [1.165, 1.54) is 25.3 Å². The van der Waals surface area contributed by atoms with E-state index in [2.05, 4.69) is 11.9 Å². The number of benzene rings is 1. The van der Waals surface area contributed by atoms with E-state index in [-0.39, 0.29) is 18.2 Å². The molecular weight excluding hydrogens is 233 g/mol. The van der Waals surface area contributed by atoms with Crippen molar-refractivity contribution in [3.05, 3.63) is 41.2 Å². The van der Waals surface area contributed by atoms with Crippen molar-refractivity contribution in [1.82, 2.24) is 5.32 Å². The molecule has 1 amide bonds. The van der Waals surface area contributed by atoms with E-state index in [1.54, 1.807) is 0 Å². The summed E-state index contributed by atoms with van der Waals surface area (Å²) in [6.45, 7) is 3.60. The lowest BCUT2D eigenvalue weighted by molar-refractivity contribution is 0.0957. The lowest BCUT2D eigenvalue weighted by Gasteiger charge is -2.06. The molecule has 3 nitrogen and oxygen atoms in total. The van der Waals surface area contributed by atoms with Gasteiger partial charge in [-0.2, -0.15) is 0 Å². The van der Waals surface area contributed by atoms with Crippen LogP contribution >= 0.6 is 11.6 Å². The Bertz CT molecular complexity index is 420. The minimum Gasteiger partial charge on any atom is -0.494 e. The first-order chi connectivity index (χ1) is 7.54. The van der Waals surface area contributed by atoms with Crippen molar-refractivity contribution >= 4 is 17.5 Å². The molecular formula is C11H11ClFNO2. The molecule has 1 aromatic carbocycles. The standard InChI is InChI=1S/C11H11ClFNO2/c1-7(12)6-14-11(15)8-3-4-9(13)10(5-8)16-2/h3-5H,1,6H2,2H3,(H,14,15). The topological polar surface area (TPSA) is 38.3 Å². The summed E-state index contributed by atoms with van der Waals surface area (Å²) in [5.41, 5.74) is 0.302. The molecule has 0 aromatic heterocycles. The third kappa shape index (κ3) is 3.24. The number of carbonyl (C=O) groups excluding carboxylic acids is 1. The number of nitrogens with one attached hydrogen (secondary N) is 1. The van der Waals surface area contributed by atoms with Gasteiger partial charge in [-0.1, -0.05) is 18.2 Å². The fourth-order valence-corrected chi connectivity index (χ4v) is 1.15. The molecule has 16 heavy (non-hydrogen) atoms. The molecule has 1 N–H and O–H groups in total. The van der Waals surface area contributed by atoms with Gasteiger partial charge in [0.05, 0.1) is 13.7 Å². The average Bonchev–Trinajstić information content (AvgIpc) is 2.26. The van der Waals surface area contributed by atoms with Crippen molar-refractivity contribution < 1.29 is 13.9 Å². The lowest BCUT2D eigenvalue weighted by atomic mass is 10.2. The number of methoxy groups -OCH3 is 1. The normalized spacial score (nSPS) is 9.69. The summed E-state index contributed by atoms with van der Waals surface area (Å²) in [6, 6.07) is 3.86. The maximum absolute atomic E-state index is 13.1. The molecule has 0 heterocycles. The molecule has 86 valence electrons. The smallest absolute Gasteiger partial charge is 0.251 e. The number of hydrogen-bond acceptors (Lipinski definition) is 2. The van der Waals surface area contributed by atoms with Crippen molar-refractivity contribution in [2.24, 2.45) is 0 Å². The van der Waals surface area contributed by atoms with E-state index in [1.807, 2.05) is 0 Å². The second kappa shape index (κ2) is 5.51. The van der Waals surface area contributed by atoms with Crippen LogP contribution in [0.15, 0.2) is 29.8 Å². The molecule has 0 fully saturated rings. The first kappa shape index (κ1) is 12.5. The largest absolute Gasteiger partial charge is 0.494 e. The molecule has 0 saturated heterocycles. The van der Waals surface area contributed by atoms with Gasteiger partial charge in [-0.25, -0.2) is 4.39 Å². The van der Waals surface area contributed by atoms with Crippen LogP contribution in [0.1, 0.15) is 10.4 Å². The van der Waals surface area contributed by atoms with Crippen LogP contribution in [0, 0.1) is 5.82 Å². The summed E-state index contributed by atoms with van der Waals surface area (Å²) >= 11 is 5.50. The number of ether oxygens (including phenoxy) is 1.